The van der Waals surface area contributed by atoms with Gasteiger partial charge in [-0.3, -0.25) is 0 Å². The van der Waals surface area contributed by atoms with Crippen LogP contribution >= 0.6 is 15.9 Å². The molecule has 0 spiro atoms. The molecular formula is C12H17BrFNO3S. The van der Waals surface area contributed by atoms with Crippen LogP contribution in [0.1, 0.15) is 12.0 Å². The maximum atomic E-state index is 13.1. The molecule has 0 aliphatic heterocycles. The Hall–Kier alpha value is -0.500. The molecule has 1 unspecified atom stereocenters. The van der Waals surface area contributed by atoms with Gasteiger partial charge < -0.3 is 4.74 Å². The van der Waals surface area contributed by atoms with E-state index in [0.717, 1.165) is 6.07 Å². The Bertz CT molecular complexity index is 522. The van der Waals surface area contributed by atoms with Crippen molar-refractivity contribution in [1.82, 2.24) is 4.72 Å². The number of hydrogen-bond donors (Lipinski definition) is 1. The summed E-state index contributed by atoms with van der Waals surface area (Å²) in [7, 11) is -2.10. The Morgan fingerprint density at radius 3 is 2.79 bits per heavy atom. The lowest BCUT2D eigenvalue weighted by Crippen LogP contribution is -2.27. The van der Waals surface area contributed by atoms with E-state index >= 15 is 0 Å². The lowest BCUT2D eigenvalue weighted by molar-refractivity contribution is 0.199. The molecule has 1 N–H and O–H groups in total. The van der Waals surface area contributed by atoms with Gasteiger partial charge in [0.1, 0.15) is 5.82 Å². The van der Waals surface area contributed by atoms with E-state index in [-0.39, 0.29) is 16.3 Å². The van der Waals surface area contributed by atoms with Crippen molar-refractivity contribution < 1.29 is 17.5 Å². The van der Waals surface area contributed by atoms with Crippen molar-refractivity contribution in [1.29, 1.82) is 0 Å². The highest BCUT2D eigenvalue weighted by Gasteiger charge is 2.17. The maximum Gasteiger partial charge on any atom is 0.240 e. The normalized spacial score (nSPS) is 13.5. The monoisotopic (exact) mass is 353 g/mol. The Labute approximate surface area is 121 Å². The second kappa shape index (κ2) is 7.33. The van der Waals surface area contributed by atoms with E-state index in [1.54, 1.807) is 14.0 Å². The van der Waals surface area contributed by atoms with Gasteiger partial charge in [0, 0.05) is 18.5 Å². The van der Waals surface area contributed by atoms with Gasteiger partial charge >= 0.3 is 0 Å². The van der Waals surface area contributed by atoms with Crippen LogP contribution in [-0.2, 0) is 14.8 Å². The van der Waals surface area contributed by atoms with Crippen LogP contribution < -0.4 is 4.72 Å². The van der Waals surface area contributed by atoms with Gasteiger partial charge in [-0.15, -0.1) is 0 Å². The van der Waals surface area contributed by atoms with Gasteiger partial charge in [-0.2, -0.15) is 0 Å². The summed E-state index contributed by atoms with van der Waals surface area (Å²) in [5, 5.41) is 0. The van der Waals surface area contributed by atoms with Crippen molar-refractivity contribution in [3.63, 3.8) is 0 Å². The summed E-state index contributed by atoms with van der Waals surface area (Å²) in [6.45, 7) is 2.39. The lowest BCUT2D eigenvalue weighted by Gasteiger charge is -2.11. The number of rotatable bonds is 7. The predicted octanol–water partition coefficient (Wildman–Crippen LogP) is 2.21. The molecular weight excluding hydrogens is 337 g/mol. The van der Waals surface area contributed by atoms with Gasteiger partial charge in [0.05, 0.1) is 11.5 Å². The molecule has 1 atom stereocenters. The number of hydrogen-bond acceptors (Lipinski definition) is 3. The summed E-state index contributed by atoms with van der Waals surface area (Å²) in [5.41, 5.74) is 0.515. The van der Waals surface area contributed by atoms with E-state index in [0.29, 0.717) is 18.6 Å². The third-order valence-electron chi connectivity index (χ3n) is 2.54. The third kappa shape index (κ3) is 5.18. The first-order chi connectivity index (χ1) is 8.86. The van der Waals surface area contributed by atoms with Gasteiger partial charge in [0.2, 0.25) is 10.0 Å². The second-order valence-corrected chi connectivity index (χ2v) is 7.18. The number of nitrogens with one attached hydrogen (secondary N) is 1. The lowest BCUT2D eigenvalue weighted by atomic mass is 10.2. The van der Waals surface area contributed by atoms with Crippen molar-refractivity contribution in [2.45, 2.75) is 23.1 Å². The smallest absolute Gasteiger partial charge is 0.240 e. The zero-order valence-corrected chi connectivity index (χ0v) is 13.2. The summed E-state index contributed by atoms with van der Waals surface area (Å²) in [6, 6.07) is 3.71. The molecule has 1 rings (SSSR count). The van der Waals surface area contributed by atoms with Crippen LogP contribution in [0.3, 0.4) is 0 Å². The average molecular weight is 354 g/mol. The number of benzene rings is 1. The first kappa shape index (κ1) is 16.6. The molecule has 0 saturated heterocycles. The minimum Gasteiger partial charge on any atom is -0.384 e. The fourth-order valence-corrected chi connectivity index (χ4v) is 3.35. The van der Waals surface area contributed by atoms with Crippen molar-refractivity contribution in [3.05, 3.63) is 29.6 Å². The second-order valence-electron chi connectivity index (χ2n) is 4.15. The number of ether oxygens (including phenoxy) is 1. The number of methoxy groups -OCH3 is 1. The number of aryl methyl sites for hydroxylation is 1. The number of sulfonamides is 1. The van der Waals surface area contributed by atoms with Crippen LogP contribution in [0.25, 0.3) is 0 Å². The minimum absolute atomic E-state index is 0.0228. The van der Waals surface area contributed by atoms with Gasteiger partial charge in [-0.05, 0) is 31.0 Å². The summed E-state index contributed by atoms with van der Waals surface area (Å²) in [4.78, 5) is 0.0548. The molecule has 0 amide bonds. The molecule has 108 valence electrons. The van der Waals surface area contributed by atoms with Crippen LogP contribution in [-0.4, -0.2) is 33.5 Å². The van der Waals surface area contributed by atoms with Crippen LogP contribution in [0.5, 0.6) is 0 Å². The van der Waals surface area contributed by atoms with Crippen LogP contribution in [0.2, 0.25) is 0 Å². The largest absolute Gasteiger partial charge is 0.384 e. The molecule has 0 fully saturated rings. The fourth-order valence-electron chi connectivity index (χ4n) is 1.56. The van der Waals surface area contributed by atoms with Crippen LogP contribution in [0.15, 0.2) is 23.1 Å². The van der Waals surface area contributed by atoms with Crippen LogP contribution in [0, 0.1) is 12.7 Å². The van der Waals surface area contributed by atoms with Crippen molar-refractivity contribution in [2.24, 2.45) is 0 Å². The van der Waals surface area contributed by atoms with E-state index in [2.05, 4.69) is 20.7 Å². The Balaban J connectivity index is 2.68. The Kier molecular flexibility index (Phi) is 6.38. The Morgan fingerprint density at radius 2 is 2.16 bits per heavy atom. The molecule has 0 radical (unpaired) electrons. The quantitative estimate of drug-likeness (QED) is 0.764. The molecule has 4 nitrogen and oxygen atoms in total. The van der Waals surface area contributed by atoms with E-state index in [1.807, 2.05) is 0 Å². The van der Waals surface area contributed by atoms with Crippen molar-refractivity contribution in [2.75, 3.05) is 20.3 Å². The Morgan fingerprint density at radius 1 is 1.47 bits per heavy atom. The zero-order chi connectivity index (χ0) is 14.5. The molecule has 0 heterocycles. The topological polar surface area (TPSA) is 55.4 Å². The zero-order valence-electron chi connectivity index (χ0n) is 10.8. The molecule has 0 aliphatic carbocycles. The molecule has 0 aliphatic rings. The fraction of sp³-hybridized carbons (Fsp3) is 0.500. The molecule has 1 aromatic rings. The molecule has 1 aromatic carbocycles. The third-order valence-corrected chi connectivity index (χ3v) is 4.86. The molecule has 7 heteroatoms. The minimum atomic E-state index is -3.68. The van der Waals surface area contributed by atoms with E-state index in [1.165, 1.54) is 12.1 Å². The first-order valence-corrected chi connectivity index (χ1v) is 8.15. The standard InChI is InChI=1S/C12H17BrFNO3S/c1-9-3-4-11(14)7-12(9)19(16,17)15-6-5-10(13)8-18-2/h3-4,7,10,15H,5-6,8H2,1-2H3. The average Bonchev–Trinajstić information content (AvgIpc) is 2.32. The van der Waals surface area contributed by atoms with Gasteiger partial charge in [-0.1, -0.05) is 22.0 Å². The summed E-state index contributed by atoms with van der Waals surface area (Å²) in [5.74, 6) is -0.566. The van der Waals surface area contributed by atoms with Crippen LogP contribution in [0.4, 0.5) is 4.39 Å². The van der Waals surface area contributed by atoms with E-state index in [9.17, 15) is 12.8 Å². The van der Waals surface area contributed by atoms with Gasteiger partial charge in [-0.25, -0.2) is 17.5 Å². The predicted molar refractivity (Wildman–Crippen MR) is 75.5 cm³/mol. The van der Waals surface area contributed by atoms with E-state index < -0.39 is 15.8 Å². The van der Waals surface area contributed by atoms with Gasteiger partial charge in [0.15, 0.2) is 0 Å². The number of halogens is 2. The molecule has 0 saturated carbocycles. The highest BCUT2D eigenvalue weighted by molar-refractivity contribution is 9.09. The maximum absolute atomic E-state index is 13.1. The summed E-state index contributed by atoms with van der Waals surface area (Å²) >= 11 is 3.37. The number of alkyl halides is 1. The van der Waals surface area contributed by atoms with Crippen molar-refractivity contribution >= 4 is 26.0 Å². The highest BCUT2D eigenvalue weighted by Crippen LogP contribution is 2.16. The van der Waals surface area contributed by atoms with E-state index in [4.69, 9.17) is 4.74 Å². The highest BCUT2D eigenvalue weighted by atomic mass is 79.9. The first-order valence-electron chi connectivity index (χ1n) is 5.75. The molecule has 0 aromatic heterocycles. The molecule has 0 bridgehead atoms. The SMILES string of the molecule is COCC(Br)CCNS(=O)(=O)c1cc(F)ccc1C. The summed E-state index contributed by atoms with van der Waals surface area (Å²) in [6.07, 6.45) is 0.585. The molecule has 19 heavy (non-hydrogen) atoms. The van der Waals surface area contributed by atoms with Gasteiger partial charge in [0.25, 0.3) is 0 Å². The summed E-state index contributed by atoms with van der Waals surface area (Å²) < 4.78 is 44.5. The van der Waals surface area contributed by atoms with Crippen molar-refractivity contribution in [3.8, 4) is 0 Å².